The van der Waals surface area contributed by atoms with Gasteiger partial charge >= 0.3 is 0 Å². The Hall–Kier alpha value is -0.200. The molecule has 0 aromatic heterocycles. The monoisotopic (exact) mass is 226 g/mol. The molecule has 0 aromatic carbocycles. The molecule has 3 rings (SSSR count). The number of hydrogen-bond donors (Lipinski definition) is 4. The maximum absolute atomic E-state index is 5.77. The lowest BCUT2D eigenvalue weighted by Crippen LogP contribution is -2.67. The van der Waals surface area contributed by atoms with E-state index in [2.05, 4.69) is 21.4 Å². The van der Waals surface area contributed by atoms with Crippen molar-refractivity contribution in [3.8, 4) is 0 Å². The molecule has 0 bridgehead atoms. The second kappa shape index (κ2) is 4.98. The van der Waals surface area contributed by atoms with Crippen LogP contribution in [0.1, 0.15) is 19.3 Å². The zero-order chi connectivity index (χ0) is 10.8. The summed E-state index contributed by atoms with van der Waals surface area (Å²) in [6.07, 6.45) is 3.77. The molecule has 16 heavy (non-hydrogen) atoms. The van der Waals surface area contributed by atoms with Gasteiger partial charge in [-0.2, -0.15) is 5.48 Å². The summed E-state index contributed by atoms with van der Waals surface area (Å²) in [5, 5.41) is 10.5. The van der Waals surface area contributed by atoms with E-state index in [9.17, 15) is 0 Å². The van der Waals surface area contributed by atoms with Crippen molar-refractivity contribution in [3.63, 3.8) is 0 Å². The summed E-state index contributed by atoms with van der Waals surface area (Å²) >= 11 is 0. The zero-order valence-electron chi connectivity index (χ0n) is 9.67. The Bertz CT molecular complexity index is 229. The van der Waals surface area contributed by atoms with Crippen molar-refractivity contribution in [2.75, 3.05) is 26.2 Å². The van der Waals surface area contributed by atoms with Crippen LogP contribution in [0, 0.1) is 5.92 Å². The van der Waals surface area contributed by atoms with Crippen molar-refractivity contribution in [1.82, 2.24) is 21.4 Å². The van der Waals surface area contributed by atoms with Crippen LogP contribution >= 0.6 is 0 Å². The molecule has 3 unspecified atom stereocenters. The topological polar surface area (TPSA) is 57.3 Å². The summed E-state index contributed by atoms with van der Waals surface area (Å²) in [6, 6.07) is 1.02. The first kappa shape index (κ1) is 10.9. The van der Waals surface area contributed by atoms with Gasteiger partial charge in [-0.25, -0.2) is 0 Å². The van der Waals surface area contributed by atoms with Gasteiger partial charge in [0.15, 0.2) is 0 Å². The van der Waals surface area contributed by atoms with Crippen LogP contribution in [-0.2, 0) is 4.84 Å². The molecule has 0 aromatic rings. The van der Waals surface area contributed by atoms with E-state index in [0.29, 0.717) is 18.0 Å². The Morgan fingerprint density at radius 2 is 1.69 bits per heavy atom. The molecule has 92 valence electrons. The van der Waals surface area contributed by atoms with E-state index in [-0.39, 0.29) is 6.23 Å². The molecule has 0 aliphatic carbocycles. The average molecular weight is 226 g/mol. The lowest BCUT2D eigenvalue weighted by Gasteiger charge is -2.43. The van der Waals surface area contributed by atoms with Crippen LogP contribution in [0.2, 0.25) is 0 Å². The molecule has 3 aliphatic rings. The van der Waals surface area contributed by atoms with E-state index in [1.807, 2.05) is 0 Å². The number of fused-ring (bicyclic) bond motifs is 1. The Kier molecular flexibility index (Phi) is 3.40. The Balaban J connectivity index is 1.57. The molecule has 3 fully saturated rings. The van der Waals surface area contributed by atoms with Gasteiger partial charge in [-0.3, -0.25) is 10.2 Å². The van der Waals surface area contributed by atoms with Crippen LogP contribution in [0.3, 0.4) is 0 Å². The summed E-state index contributed by atoms with van der Waals surface area (Å²) in [5.74, 6) is 0.650. The van der Waals surface area contributed by atoms with Gasteiger partial charge in [0.2, 0.25) is 0 Å². The summed E-state index contributed by atoms with van der Waals surface area (Å²) in [6.45, 7) is 4.40. The summed E-state index contributed by atoms with van der Waals surface area (Å²) in [7, 11) is 0. The smallest absolute Gasteiger partial charge is 0.132 e. The number of hydrogen-bond acceptors (Lipinski definition) is 5. The van der Waals surface area contributed by atoms with Crippen LogP contribution < -0.4 is 21.4 Å². The fourth-order valence-corrected chi connectivity index (χ4v) is 2.96. The van der Waals surface area contributed by atoms with E-state index in [0.717, 1.165) is 32.6 Å². The third kappa shape index (κ3) is 2.24. The highest BCUT2D eigenvalue weighted by molar-refractivity contribution is 4.91. The van der Waals surface area contributed by atoms with Gasteiger partial charge in [-0.1, -0.05) is 0 Å². The third-order valence-corrected chi connectivity index (χ3v) is 4.02. The molecule has 5 nitrogen and oxygen atoms in total. The first-order valence-corrected chi connectivity index (χ1v) is 6.52. The quantitative estimate of drug-likeness (QED) is 0.470. The highest BCUT2D eigenvalue weighted by Crippen LogP contribution is 2.21. The Labute approximate surface area is 96.6 Å². The molecule has 3 aliphatic heterocycles. The molecule has 0 saturated carbocycles. The van der Waals surface area contributed by atoms with Crippen molar-refractivity contribution in [1.29, 1.82) is 0 Å². The second-order valence-electron chi connectivity index (χ2n) is 5.12. The lowest BCUT2D eigenvalue weighted by molar-refractivity contribution is -0.140. The van der Waals surface area contributed by atoms with Crippen molar-refractivity contribution in [2.24, 2.45) is 5.92 Å². The molecule has 0 radical (unpaired) electrons. The van der Waals surface area contributed by atoms with Gasteiger partial charge in [0, 0.05) is 18.5 Å². The van der Waals surface area contributed by atoms with Crippen LogP contribution in [0.4, 0.5) is 0 Å². The van der Waals surface area contributed by atoms with Crippen LogP contribution in [-0.4, -0.2) is 44.5 Å². The number of nitrogens with one attached hydrogen (secondary N) is 4. The van der Waals surface area contributed by atoms with Crippen molar-refractivity contribution < 1.29 is 4.84 Å². The number of hydroxylamine groups is 1. The van der Waals surface area contributed by atoms with Crippen molar-refractivity contribution in [2.45, 2.75) is 37.6 Å². The molecular formula is C11H22N4O. The molecule has 5 heteroatoms. The van der Waals surface area contributed by atoms with E-state index in [1.165, 1.54) is 12.8 Å². The lowest BCUT2D eigenvalue weighted by atomic mass is 9.93. The fourth-order valence-electron chi connectivity index (χ4n) is 2.96. The summed E-state index contributed by atoms with van der Waals surface area (Å²) < 4.78 is 0. The highest BCUT2D eigenvalue weighted by Gasteiger charge is 2.35. The summed E-state index contributed by atoms with van der Waals surface area (Å²) in [4.78, 5) is 5.77. The van der Waals surface area contributed by atoms with Gasteiger partial charge < -0.3 is 10.6 Å². The van der Waals surface area contributed by atoms with Crippen molar-refractivity contribution in [3.05, 3.63) is 0 Å². The Morgan fingerprint density at radius 1 is 0.875 bits per heavy atom. The standard InChI is InChI=1S/C11H22N4O/c1-4-12-5-2-8(1)11-14-10-7-13-6-3-9(10)15-16-11/h8-15H,1-7H2. The molecule has 4 N–H and O–H groups in total. The molecule has 0 amide bonds. The number of rotatable bonds is 1. The second-order valence-corrected chi connectivity index (χ2v) is 5.12. The predicted molar refractivity (Wildman–Crippen MR) is 61.8 cm³/mol. The molecule has 0 spiro atoms. The van der Waals surface area contributed by atoms with Gasteiger partial charge in [0.1, 0.15) is 6.23 Å². The number of piperidine rings is 2. The first-order chi connectivity index (χ1) is 7.93. The fraction of sp³-hybridized carbons (Fsp3) is 1.00. The average Bonchev–Trinajstić information content (AvgIpc) is 2.39. The van der Waals surface area contributed by atoms with Crippen LogP contribution in [0.5, 0.6) is 0 Å². The highest BCUT2D eigenvalue weighted by atomic mass is 16.7. The summed E-state index contributed by atoms with van der Waals surface area (Å²) in [5.41, 5.74) is 3.25. The minimum atomic E-state index is 0.197. The van der Waals surface area contributed by atoms with Gasteiger partial charge in [0.25, 0.3) is 0 Å². The molecular weight excluding hydrogens is 204 g/mol. The minimum absolute atomic E-state index is 0.197. The zero-order valence-corrected chi connectivity index (χ0v) is 9.67. The minimum Gasteiger partial charge on any atom is -0.317 e. The Morgan fingerprint density at radius 3 is 2.56 bits per heavy atom. The molecule has 3 atom stereocenters. The SMILES string of the molecule is C1CC(C2NC3CNCCC3NO2)CCN1. The van der Waals surface area contributed by atoms with E-state index >= 15 is 0 Å². The van der Waals surface area contributed by atoms with Gasteiger partial charge in [0.05, 0.1) is 6.04 Å². The maximum Gasteiger partial charge on any atom is 0.132 e. The van der Waals surface area contributed by atoms with Gasteiger partial charge in [-0.15, -0.1) is 0 Å². The molecule has 3 heterocycles. The van der Waals surface area contributed by atoms with E-state index in [4.69, 9.17) is 4.84 Å². The predicted octanol–water partition coefficient (Wildman–Crippen LogP) is -0.833. The largest absolute Gasteiger partial charge is 0.317 e. The van der Waals surface area contributed by atoms with Crippen LogP contribution in [0.15, 0.2) is 0 Å². The van der Waals surface area contributed by atoms with Crippen LogP contribution in [0.25, 0.3) is 0 Å². The normalized spacial score (nSPS) is 41.6. The van der Waals surface area contributed by atoms with E-state index < -0.39 is 0 Å². The first-order valence-electron chi connectivity index (χ1n) is 6.52. The van der Waals surface area contributed by atoms with Gasteiger partial charge in [-0.05, 0) is 38.9 Å². The third-order valence-electron chi connectivity index (χ3n) is 4.02. The van der Waals surface area contributed by atoms with Crippen molar-refractivity contribution >= 4 is 0 Å². The maximum atomic E-state index is 5.77. The van der Waals surface area contributed by atoms with E-state index in [1.54, 1.807) is 0 Å². The molecule has 3 saturated heterocycles.